The molecule has 0 amide bonds. The second kappa shape index (κ2) is 5.27. The van der Waals surface area contributed by atoms with E-state index in [2.05, 4.69) is 5.32 Å². The van der Waals surface area contributed by atoms with Crippen LogP contribution in [0.3, 0.4) is 0 Å². The third kappa shape index (κ3) is 2.85. The molecule has 0 saturated heterocycles. The molecule has 0 aliphatic carbocycles. The third-order valence-corrected chi connectivity index (χ3v) is 2.71. The van der Waals surface area contributed by atoms with Crippen LogP contribution in [0.4, 0.5) is 24.5 Å². The van der Waals surface area contributed by atoms with E-state index in [0.29, 0.717) is 5.56 Å². The molecule has 0 spiro atoms. The maximum absolute atomic E-state index is 13.7. The van der Waals surface area contributed by atoms with Crippen LogP contribution in [0.5, 0.6) is 0 Å². The summed E-state index contributed by atoms with van der Waals surface area (Å²) in [5.74, 6) is -2.32. The fourth-order valence-corrected chi connectivity index (χ4v) is 1.65. The van der Waals surface area contributed by atoms with E-state index in [0.717, 1.165) is 18.2 Å². The Hall–Kier alpha value is -2.08. The molecule has 0 saturated carbocycles. The number of anilines is 2. The Balaban J connectivity index is 2.36. The summed E-state index contributed by atoms with van der Waals surface area (Å²) in [6, 6.07) is 7.26. The van der Waals surface area contributed by atoms with Crippen LogP contribution in [0.1, 0.15) is 5.56 Å². The standard InChI is InChI=1S/C13H9F3N2S/c14-8-2-1-3-9(15)12(8)18-11-5-4-7(13(17)19)6-10(11)16/h1-6,18H,(H2,17,19). The Morgan fingerprint density at radius 3 is 2.16 bits per heavy atom. The largest absolute Gasteiger partial charge is 0.389 e. The summed E-state index contributed by atoms with van der Waals surface area (Å²) in [6.07, 6.45) is 0. The molecule has 2 nitrogen and oxygen atoms in total. The Morgan fingerprint density at radius 2 is 1.63 bits per heavy atom. The molecule has 2 aromatic rings. The van der Waals surface area contributed by atoms with Crippen molar-refractivity contribution in [2.75, 3.05) is 5.32 Å². The maximum Gasteiger partial charge on any atom is 0.149 e. The van der Waals surface area contributed by atoms with E-state index in [-0.39, 0.29) is 10.7 Å². The van der Waals surface area contributed by atoms with Crippen LogP contribution in [-0.2, 0) is 0 Å². The fourth-order valence-electron chi connectivity index (χ4n) is 1.52. The van der Waals surface area contributed by atoms with Gasteiger partial charge in [0.2, 0.25) is 0 Å². The van der Waals surface area contributed by atoms with Crippen LogP contribution in [0.25, 0.3) is 0 Å². The van der Waals surface area contributed by atoms with Gasteiger partial charge in [0.15, 0.2) is 0 Å². The van der Waals surface area contributed by atoms with Crippen molar-refractivity contribution in [1.29, 1.82) is 0 Å². The number of nitrogens with one attached hydrogen (secondary N) is 1. The summed E-state index contributed by atoms with van der Waals surface area (Å²) in [4.78, 5) is 0.0440. The van der Waals surface area contributed by atoms with Gasteiger partial charge in [-0.1, -0.05) is 18.3 Å². The van der Waals surface area contributed by atoms with Gasteiger partial charge in [0.05, 0.1) is 5.69 Å². The van der Waals surface area contributed by atoms with Crippen molar-refractivity contribution < 1.29 is 13.2 Å². The van der Waals surface area contributed by atoms with Gasteiger partial charge in [0, 0.05) is 5.56 Å². The van der Waals surface area contributed by atoms with Crippen LogP contribution in [0.15, 0.2) is 36.4 Å². The minimum absolute atomic E-state index is 0.0440. The number of para-hydroxylation sites is 1. The van der Waals surface area contributed by atoms with E-state index in [4.69, 9.17) is 18.0 Å². The number of rotatable bonds is 3. The highest BCUT2D eigenvalue weighted by molar-refractivity contribution is 7.80. The zero-order chi connectivity index (χ0) is 14.0. The van der Waals surface area contributed by atoms with E-state index in [1.807, 2.05) is 0 Å². The normalized spacial score (nSPS) is 10.3. The van der Waals surface area contributed by atoms with Crippen molar-refractivity contribution in [3.05, 3.63) is 59.4 Å². The quantitative estimate of drug-likeness (QED) is 0.846. The highest BCUT2D eigenvalue weighted by atomic mass is 32.1. The first-order valence-corrected chi connectivity index (χ1v) is 5.70. The zero-order valence-corrected chi connectivity index (χ0v) is 10.4. The van der Waals surface area contributed by atoms with Gasteiger partial charge < -0.3 is 11.1 Å². The van der Waals surface area contributed by atoms with Gasteiger partial charge in [-0.2, -0.15) is 0 Å². The van der Waals surface area contributed by atoms with Gasteiger partial charge in [0.1, 0.15) is 28.1 Å². The van der Waals surface area contributed by atoms with Crippen LogP contribution >= 0.6 is 12.2 Å². The summed E-state index contributed by atoms with van der Waals surface area (Å²) in [5, 5.41) is 2.37. The average molecular weight is 282 g/mol. The third-order valence-electron chi connectivity index (χ3n) is 2.48. The lowest BCUT2D eigenvalue weighted by Gasteiger charge is -2.10. The van der Waals surface area contributed by atoms with Crippen LogP contribution in [0, 0.1) is 17.5 Å². The molecule has 0 fully saturated rings. The molecule has 0 radical (unpaired) electrons. The SMILES string of the molecule is NC(=S)c1ccc(Nc2c(F)cccc2F)c(F)c1. The van der Waals surface area contributed by atoms with Gasteiger partial charge >= 0.3 is 0 Å². The van der Waals surface area contributed by atoms with Crippen molar-refractivity contribution >= 4 is 28.6 Å². The Kier molecular flexibility index (Phi) is 3.71. The Labute approximate surface area is 113 Å². The first kappa shape index (κ1) is 13.4. The van der Waals surface area contributed by atoms with E-state index < -0.39 is 23.1 Å². The number of halogens is 3. The van der Waals surface area contributed by atoms with Gasteiger partial charge in [-0.25, -0.2) is 13.2 Å². The molecular weight excluding hydrogens is 273 g/mol. The summed E-state index contributed by atoms with van der Waals surface area (Å²) >= 11 is 4.71. The molecule has 19 heavy (non-hydrogen) atoms. The number of benzene rings is 2. The molecule has 0 aromatic heterocycles. The number of hydrogen-bond acceptors (Lipinski definition) is 2. The van der Waals surface area contributed by atoms with Gasteiger partial charge in [-0.15, -0.1) is 0 Å². The number of thiocarbonyl (C=S) groups is 1. The molecule has 2 aromatic carbocycles. The van der Waals surface area contributed by atoms with Gasteiger partial charge in [0.25, 0.3) is 0 Å². The van der Waals surface area contributed by atoms with Crippen LogP contribution < -0.4 is 11.1 Å². The van der Waals surface area contributed by atoms with Crippen molar-refractivity contribution in [3.8, 4) is 0 Å². The van der Waals surface area contributed by atoms with Crippen molar-refractivity contribution in [3.63, 3.8) is 0 Å². The van der Waals surface area contributed by atoms with E-state index >= 15 is 0 Å². The predicted molar refractivity (Wildman–Crippen MR) is 71.9 cm³/mol. The highest BCUT2D eigenvalue weighted by Crippen LogP contribution is 2.25. The molecule has 0 aliphatic rings. The second-order valence-corrected chi connectivity index (χ2v) is 4.22. The summed E-state index contributed by atoms with van der Waals surface area (Å²) in [6.45, 7) is 0. The van der Waals surface area contributed by atoms with Gasteiger partial charge in [-0.3, -0.25) is 0 Å². The van der Waals surface area contributed by atoms with Crippen LogP contribution in [-0.4, -0.2) is 4.99 Å². The lowest BCUT2D eigenvalue weighted by Crippen LogP contribution is -2.10. The molecular formula is C13H9F3N2S. The first-order chi connectivity index (χ1) is 8.99. The highest BCUT2D eigenvalue weighted by Gasteiger charge is 2.11. The molecule has 0 bridgehead atoms. The molecule has 2 rings (SSSR count). The molecule has 0 unspecified atom stereocenters. The maximum atomic E-state index is 13.7. The molecule has 98 valence electrons. The van der Waals surface area contributed by atoms with Crippen molar-refractivity contribution in [1.82, 2.24) is 0 Å². The summed E-state index contributed by atoms with van der Waals surface area (Å²) in [7, 11) is 0. The zero-order valence-electron chi connectivity index (χ0n) is 9.58. The Bertz CT molecular complexity index is 624. The summed E-state index contributed by atoms with van der Waals surface area (Å²) < 4.78 is 40.6. The predicted octanol–water partition coefficient (Wildman–Crippen LogP) is 3.48. The van der Waals surface area contributed by atoms with E-state index in [9.17, 15) is 13.2 Å². The van der Waals surface area contributed by atoms with Crippen molar-refractivity contribution in [2.24, 2.45) is 5.73 Å². The lowest BCUT2D eigenvalue weighted by atomic mass is 10.2. The topological polar surface area (TPSA) is 38.0 Å². The minimum Gasteiger partial charge on any atom is -0.389 e. The number of nitrogens with two attached hydrogens (primary N) is 1. The number of hydrogen-bond donors (Lipinski definition) is 2. The Morgan fingerprint density at radius 1 is 1.00 bits per heavy atom. The average Bonchev–Trinajstić information content (AvgIpc) is 2.35. The molecule has 6 heteroatoms. The summed E-state index contributed by atoms with van der Waals surface area (Å²) in [5.41, 5.74) is 5.22. The first-order valence-electron chi connectivity index (χ1n) is 5.29. The monoisotopic (exact) mass is 282 g/mol. The second-order valence-electron chi connectivity index (χ2n) is 3.78. The fraction of sp³-hybridized carbons (Fsp3) is 0. The molecule has 3 N–H and O–H groups in total. The van der Waals surface area contributed by atoms with Crippen LogP contribution in [0.2, 0.25) is 0 Å². The molecule has 0 heterocycles. The lowest BCUT2D eigenvalue weighted by molar-refractivity contribution is 0.589. The molecule has 0 atom stereocenters. The minimum atomic E-state index is -0.808. The van der Waals surface area contributed by atoms with Crippen molar-refractivity contribution in [2.45, 2.75) is 0 Å². The van der Waals surface area contributed by atoms with Gasteiger partial charge in [-0.05, 0) is 30.3 Å². The smallest absolute Gasteiger partial charge is 0.149 e. The molecule has 0 aliphatic heterocycles. The van der Waals surface area contributed by atoms with E-state index in [1.54, 1.807) is 0 Å². The van der Waals surface area contributed by atoms with E-state index in [1.165, 1.54) is 18.2 Å².